The van der Waals surface area contributed by atoms with Crippen LogP contribution in [0, 0.1) is 0 Å². The van der Waals surface area contributed by atoms with Gasteiger partial charge in [-0.3, -0.25) is 5.43 Å². The predicted octanol–water partition coefficient (Wildman–Crippen LogP) is 4.15. The van der Waals surface area contributed by atoms with Crippen molar-refractivity contribution >= 4 is 32.7 Å². The van der Waals surface area contributed by atoms with Crippen molar-refractivity contribution in [2.45, 2.75) is 5.37 Å². The molecular weight excluding hydrogens is 308 g/mol. The van der Waals surface area contributed by atoms with Crippen molar-refractivity contribution in [3.05, 3.63) is 70.2 Å². The molecule has 90 valence electrons. The Morgan fingerprint density at radius 1 is 1.00 bits per heavy atom. The molecule has 0 bridgehead atoms. The Bertz CT molecular complexity index is 566. The summed E-state index contributed by atoms with van der Waals surface area (Å²) >= 11 is 5.19. The van der Waals surface area contributed by atoms with Crippen LogP contribution in [-0.2, 0) is 0 Å². The van der Waals surface area contributed by atoms with Crippen LogP contribution in [0.5, 0.6) is 0 Å². The van der Waals surface area contributed by atoms with Gasteiger partial charge in [-0.1, -0.05) is 70.2 Å². The van der Waals surface area contributed by atoms with E-state index in [0.717, 1.165) is 15.1 Å². The molecular formula is C14H11BrN2S. The number of nitrogens with zero attached hydrogens (tertiary/aromatic N) is 1. The van der Waals surface area contributed by atoms with Gasteiger partial charge in [0.2, 0.25) is 0 Å². The third-order valence-corrected chi connectivity index (χ3v) is 4.40. The molecule has 1 aliphatic heterocycles. The molecule has 0 aromatic heterocycles. The minimum absolute atomic E-state index is 0.202. The number of nitrogens with one attached hydrogen (secondary N) is 1. The second-order valence-electron chi connectivity index (χ2n) is 3.96. The fourth-order valence-corrected chi connectivity index (χ4v) is 3.04. The molecule has 0 spiro atoms. The van der Waals surface area contributed by atoms with Gasteiger partial charge in [0.05, 0.1) is 0 Å². The fourth-order valence-electron chi connectivity index (χ4n) is 1.78. The number of benzene rings is 2. The van der Waals surface area contributed by atoms with Crippen molar-refractivity contribution < 1.29 is 0 Å². The van der Waals surface area contributed by atoms with E-state index >= 15 is 0 Å². The van der Waals surface area contributed by atoms with Gasteiger partial charge in [-0.25, -0.2) is 0 Å². The molecule has 2 aromatic rings. The molecule has 1 atom stereocenters. The van der Waals surface area contributed by atoms with E-state index in [-0.39, 0.29) is 5.37 Å². The Labute approximate surface area is 119 Å². The molecule has 1 heterocycles. The average molecular weight is 319 g/mol. The van der Waals surface area contributed by atoms with Gasteiger partial charge in [-0.2, -0.15) is 5.10 Å². The number of rotatable bonds is 2. The average Bonchev–Trinajstić information content (AvgIpc) is 2.90. The zero-order chi connectivity index (χ0) is 12.4. The zero-order valence-electron chi connectivity index (χ0n) is 9.51. The monoisotopic (exact) mass is 318 g/mol. The Balaban J connectivity index is 1.76. The van der Waals surface area contributed by atoms with Crippen molar-refractivity contribution in [2.75, 3.05) is 0 Å². The highest BCUT2D eigenvalue weighted by atomic mass is 79.9. The lowest BCUT2D eigenvalue weighted by Gasteiger charge is -2.09. The van der Waals surface area contributed by atoms with Gasteiger partial charge in [0.25, 0.3) is 0 Å². The van der Waals surface area contributed by atoms with E-state index in [2.05, 4.69) is 62.9 Å². The first-order valence-electron chi connectivity index (χ1n) is 5.64. The minimum Gasteiger partial charge on any atom is -0.291 e. The fraction of sp³-hybridized carbons (Fsp3) is 0.0714. The van der Waals surface area contributed by atoms with Gasteiger partial charge in [0.15, 0.2) is 0 Å². The first-order chi connectivity index (χ1) is 8.83. The van der Waals surface area contributed by atoms with Crippen molar-refractivity contribution in [2.24, 2.45) is 5.10 Å². The van der Waals surface area contributed by atoms with Gasteiger partial charge in [0.1, 0.15) is 10.4 Å². The summed E-state index contributed by atoms with van der Waals surface area (Å²) < 4.78 is 1.10. The lowest BCUT2D eigenvalue weighted by atomic mass is 10.2. The molecule has 0 amide bonds. The molecule has 2 nitrogen and oxygen atoms in total. The van der Waals surface area contributed by atoms with Crippen LogP contribution in [0.3, 0.4) is 0 Å². The second kappa shape index (κ2) is 5.16. The predicted molar refractivity (Wildman–Crippen MR) is 80.6 cm³/mol. The molecule has 2 aromatic carbocycles. The van der Waals surface area contributed by atoms with Crippen LogP contribution in [0.2, 0.25) is 0 Å². The summed E-state index contributed by atoms with van der Waals surface area (Å²) in [5.41, 5.74) is 5.57. The lowest BCUT2D eigenvalue weighted by Crippen LogP contribution is -2.06. The van der Waals surface area contributed by atoms with Crippen molar-refractivity contribution in [3.8, 4) is 0 Å². The lowest BCUT2D eigenvalue weighted by molar-refractivity contribution is 0.743. The summed E-state index contributed by atoms with van der Waals surface area (Å²) in [7, 11) is 0. The number of hydrazone groups is 1. The van der Waals surface area contributed by atoms with Gasteiger partial charge < -0.3 is 0 Å². The normalized spacial score (nSPS) is 18.3. The van der Waals surface area contributed by atoms with Gasteiger partial charge >= 0.3 is 0 Å². The minimum atomic E-state index is 0.202. The Hall–Kier alpha value is -1.26. The van der Waals surface area contributed by atoms with Crippen molar-refractivity contribution in [1.29, 1.82) is 0 Å². The van der Waals surface area contributed by atoms with Crippen LogP contribution >= 0.6 is 27.7 Å². The first-order valence-corrected chi connectivity index (χ1v) is 7.31. The number of hydrogen-bond acceptors (Lipinski definition) is 3. The van der Waals surface area contributed by atoms with Crippen LogP contribution in [-0.4, -0.2) is 5.04 Å². The van der Waals surface area contributed by atoms with E-state index in [4.69, 9.17) is 0 Å². The molecule has 0 aliphatic carbocycles. The highest BCUT2D eigenvalue weighted by Gasteiger charge is 2.21. The molecule has 0 saturated heterocycles. The van der Waals surface area contributed by atoms with Crippen molar-refractivity contribution in [1.82, 2.24) is 5.43 Å². The molecule has 0 radical (unpaired) electrons. The summed E-state index contributed by atoms with van der Waals surface area (Å²) in [5, 5.41) is 5.65. The summed E-state index contributed by atoms with van der Waals surface area (Å²) in [6.07, 6.45) is 0. The smallest absolute Gasteiger partial charge is 0.126 e. The third-order valence-electron chi connectivity index (χ3n) is 2.71. The summed E-state index contributed by atoms with van der Waals surface area (Å²) in [4.78, 5) is 0. The Morgan fingerprint density at radius 2 is 1.72 bits per heavy atom. The number of halogens is 1. The van der Waals surface area contributed by atoms with Crippen LogP contribution in [0.1, 0.15) is 16.5 Å². The summed E-state index contributed by atoms with van der Waals surface area (Å²) in [6, 6.07) is 18.6. The topological polar surface area (TPSA) is 24.4 Å². The molecule has 18 heavy (non-hydrogen) atoms. The molecule has 0 saturated carbocycles. The standard InChI is InChI=1S/C14H11BrN2S/c15-12-8-6-11(7-9-12)14-17-16-13(18-14)10-4-2-1-3-5-10/h1-9,14,17H. The van der Waals surface area contributed by atoms with Crippen molar-refractivity contribution in [3.63, 3.8) is 0 Å². The molecule has 1 unspecified atom stereocenters. The second-order valence-corrected chi connectivity index (χ2v) is 5.97. The Morgan fingerprint density at radius 3 is 2.44 bits per heavy atom. The molecule has 0 fully saturated rings. The third kappa shape index (κ3) is 2.44. The summed E-state index contributed by atoms with van der Waals surface area (Å²) in [5.74, 6) is 0. The van der Waals surface area contributed by atoms with E-state index in [1.165, 1.54) is 5.56 Å². The van der Waals surface area contributed by atoms with Crippen LogP contribution in [0.4, 0.5) is 0 Å². The SMILES string of the molecule is Brc1ccc(C2NN=C(c3ccccc3)S2)cc1. The van der Waals surface area contributed by atoms with Crippen LogP contribution < -0.4 is 5.43 Å². The largest absolute Gasteiger partial charge is 0.291 e. The summed E-state index contributed by atoms with van der Waals surface area (Å²) in [6.45, 7) is 0. The molecule has 4 heteroatoms. The van der Waals surface area contributed by atoms with E-state index in [1.54, 1.807) is 11.8 Å². The number of thioether (sulfide) groups is 1. The van der Waals surface area contributed by atoms with E-state index in [1.807, 2.05) is 18.2 Å². The van der Waals surface area contributed by atoms with Gasteiger partial charge in [-0.15, -0.1) is 0 Å². The van der Waals surface area contributed by atoms with Gasteiger partial charge in [-0.05, 0) is 17.7 Å². The van der Waals surface area contributed by atoms with Gasteiger partial charge in [0, 0.05) is 10.0 Å². The zero-order valence-corrected chi connectivity index (χ0v) is 11.9. The van der Waals surface area contributed by atoms with E-state index in [9.17, 15) is 0 Å². The molecule has 3 rings (SSSR count). The molecule has 1 N–H and O–H groups in total. The highest BCUT2D eigenvalue weighted by molar-refractivity contribution is 9.10. The Kier molecular flexibility index (Phi) is 3.39. The van der Waals surface area contributed by atoms with Crippen LogP contribution in [0.15, 0.2) is 64.2 Å². The number of hydrogen-bond donors (Lipinski definition) is 1. The maximum atomic E-state index is 4.40. The maximum Gasteiger partial charge on any atom is 0.126 e. The highest BCUT2D eigenvalue weighted by Crippen LogP contribution is 2.34. The maximum absolute atomic E-state index is 4.40. The molecule has 1 aliphatic rings. The van der Waals surface area contributed by atoms with E-state index < -0.39 is 0 Å². The first kappa shape index (κ1) is 11.8. The van der Waals surface area contributed by atoms with Crippen LogP contribution in [0.25, 0.3) is 0 Å². The quantitative estimate of drug-likeness (QED) is 0.899. The van der Waals surface area contributed by atoms with E-state index in [0.29, 0.717) is 0 Å².